The smallest absolute Gasteiger partial charge is 0.0542 e. The van der Waals surface area contributed by atoms with Gasteiger partial charge < -0.3 is 0 Å². The van der Waals surface area contributed by atoms with Gasteiger partial charge in [-0.15, -0.1) is 11.8 Å². The van der Waals surface area contributed by atoms with Gasteiger partial charge in [-0.05, 0) is 24.0 Å². The Morgan fingerprint density at radius 1 is 1.36 bits per heavy atom. The Hall–Kier alpha value is 0.150. The lowest BCUT2D eigenvalue weighted by Crippen LogP contribution is -1.75. The molecule has 3 heteroatoms. The molecule has 0 fully saturated rings. The molecule has 0 nitrogen and oxygen atoms in total. The topological polar surface area (TPSA) is 0 Å². The minimum atomic E-state index is 0.741. The van der Waals surface area contributed by atoms with Crippen LogP contribution in [0.2, 0.25) is 10.0 Å². The Bertz CT molecular complexity index is 248. The Balaban J connectivity index is 2.93. The van der Waals surface area contributed by atoms with Gasteiger partial charge in [0, 0.05) is 9.92 Å². The monoisotopic (exact) mass is 206 g/mol. The molecule has 0 heterocycles. The van der Waals surface area contributed by atoms with Crippen LogP contribution in [0.3, 0.4) is 0 Å². The Labute approximate surface area is 80.9 Å². The number of benzene rings is 1. The Morgan fingerprint density at radius 3 is 2.73 bits per heavy atom. The fraction of sp³-hybridized carbons (Fsp3) is 0.250. The third-order valence-corrected chi connectivity index (χ3v) is 2.81. The van der Waals surface area contributed by atoms with Crippen LogP contribution in [0.4, 0.5) is 0 Å². The van der Waals surface area contributed by atoms with Gasteiger partial charge in [0.25, 0.3) is 0 Å². The van der Waals surface area contributed by atoms with Crippen LogP contribution in [0.25, 0.3) is 0 Å². The van der Waals surface area contributed by atoms with Crippen molar-refractivity contribution in [1.82, 2.24) is 0 Å². The average Bonchev–Trinajstić information content (AvgIpc) is 1.98. The summed E-state index contributed by atoms with van der Waals surface area (Å²) < 4.78 is 0. The molecule has 0 amide bonds. The van der Waals surface area contributed by atoms with Crippen LogP contribution < -0.4 is 0 Å². The second-order valence-corrected chi connectivity index (χ2v) is 4.16. The minimum Gasteiger partial charge on any atom is -0.125 e. The molecule has 0 aliphatic heterocycles. The summed E-state index contributed by atoms with van der Waals surface area (Å²) in [5, 5.41) is 1.52. The third-order valence-electron chi connectivity index (χ3n) is 1.19. The lowest BCUT2D eigenvalue weighted by Gasteiger charge is -2.01. The van der Waals surface area contributed by atoms with Crippen molar-refractivity contribution in [1.29, 1.82) is 0 Å². The van der Waals surface area contributed by atoms with E-state index in [9.17, 15) is 0 Å². The molecule has 1 aromatic rings. The molecule has 0 radical (unpaired) electrons. The lowest BCUT2D eigenvalue weighted by molar-refractivity contribution is 1.43. The van der Waals surface area contributed by atoms with Crippen LogP contribution in [-0.4, -0.2) is 5.75 Å². The number of hydrogen-bond acceptors (Lipinski definition) is 1. The van der Waals surface area contributed by atoms with Gasteiger partial charge in [0.05, 0.1) is 5.02 Å². The maximum absolute atomic E-state index is 5.90. The van der Waals surface area contributed by atoms with E-state index in [0.717, 1.165) is 20.7 Å². The van der Waals surface area contributed by atoms with E-state index in [4.69, 9.17) is 23.2 Å². The van der Waals surface area contributed by atoms with E-state index in [1.807, 2.05) is 12.1 Å². The van der Waals surface area contributed by atoms with Gasteiger partial charge in [-0.25, -0.2) is 0 Å². The van der Waals surface area contributed by atoms with Crippen LogP contribution in [0.5, 0.6) is 0 Å². The predicted octanol–water partition coefficient (Wildman–Crippen LogP) is 4.11. The summed E-state index contributed by atoms with van der Waals surface area (Å²) in [6.07, 6.45) is 0. The minimum absolute atomic E-state index is 0.741. The molecule has 1 rings (SSSR count). The van der Waals surface area contributed by atoms with E-state index in [1.165, 1.54) is 0 Å². The fourth-order valence-corrected chi connectivity index (χ4v) is 1.99. The van der Waals surface area contributed by atoms with Crippen molar-refractivity contribution in [2.45, 2.75) is 11.8 Å². The highest BCUT2D eigenvalue weighted by atomic mass is 35.5. The summed E-state index contributed by atoms with van der Waals surface area (Å²) >= 11 is 13.4. The van der Waals surface area contributed by atoms with Crippen molar-refractivity contribution in [3.63, 3.8) is 0 Å². The first-order chi connectivity index (χ1) is 5.24. The average molecular weight is 207 g/mol. The van der Waals surface area contributed by atoms with Crippen molar-refractivity contribution in [3.05, 3.63) is 28.2 Å². The lowest BCUT2D eigenvalue weighted by atomic mass is 10.4. The van der Waals surface area contributed by atoms with Crippen molar-refractivity contribution >= 4 is 35.0 Å². The van der Waals surface area contributed by atoms with Crippen molar-refractivity contribution < 1.29 is 0 Å². The predicted molar refractivity (Wildman–Crippen MR) is 52.9 cm³/mol. The zero-order chi connectivity index (χ0) is 8.27. The van der Waals surface area contributed by atoms with Gasteiger partial charge in [-0.2, -0.15) is 0 Å². The van der Waals surface area contributed by atoms with E-state index in [2.05, 4.69) is 6.92 Å². The molecule has 0 aliphatic rings. The molecule has 0 aromatic heterocycles. The van der Waals surface area contributed by atoms with Crippen LogP contribution in [-0.2, 0) is 0 Å². The van der Waals surface area contributed by atoms with Crippen molar-refractivity contribution in [3.8, 4) is 0 Å². The molecular formula is C8H8Cl2S. The zero-order valence-corrected chi connectivity index (χ0v) is 8.43. The number of hydrogen-bond donors (Lipinski definition) is 0. The van der Waals surface area contributed by atoms with Crippen LogP contribution in [0.1, 0.15) is 6.92 Å². The Kier molecular flexibility index (Phi) is 3.57. The summed E-state index contributed by atoms with van der Waals surface area (Å²) in [6.45, 7) is 2.09. The fourth-order valence-electron chi connectivity index (χ4n) is 0.743. The van der Waals surface area contributed by atoms with Crippen molar-refractivity contribution in [2.24, 2.45) is 0 Å². The number of thioether (sulfide) groups is 1. The normalized spacial score (nSPS) is 10.1. The van der Waals surface area contributed by atoms with E-state index < -0.39 is 0 Å². The Morgan fingerprint density at radius 2 is 2.09 bits per heavy atom. The third kappa shape index (κ3) is 2.58. The SMILES string of the molecule is CCSc1cc(Cl)ccc1Cl. The quantitative estimate of drug-likeness (QED) is 0.657. The van der Waals surface area contributed by atoms with Crippen molar-refractivity contribution in [2.75, 3.05) is 5.75 Å². The molecule has 0 N–H and O–H groups in total. The molecule has 0 aliphatic carbocycles. The van der Waals surface area contributed by atoms with Gasteiger partial charge in [-0.3, -0.25) is 0 Å². The molecular weight excluding hydrogens is 199 g/mol. The van der Waals surface area contributed by atoms with Gasteiger partial charge in [0.1, 0.15) is 0 Å². The molecule has 0 saturated heterocycles. The number of rotatable bonds is 2. The zero-order valence-electron chi connectivity index (χ0n) is 6.10. The highest BCUT2D eigenvalue weighted by Gasteiger charge is 1.99. The van der Waals surface area contributed by atoms with Crippen LogP contribution >= 0.6 is 35.0 Å². The first-order valence-corrected chi connectivity index (χ1v) is 5.06. The summed E-state index contributed by atoms with van der Waals surface area (Å²) in [4.78, 5) is 1.06. The number of halogens is 2. The van der Waals surface area contributed by atoms with E-state index in [-0.39, 0.29) is 0 Å². The van der Waals surface area contributed by atoms with Gasteiger partial charge in [0.2, 0.25) is 0 Å². The van der Waals surface area contributed by atoms with Gasteiger partial charge >= 0.3 is 0 Å². The maximum Gasteiger partial charge on any atom is 0.0542 e. The van der Waals surface area contributed by atoms with E-state index in [0.29, 0.717) is 0 Å². The summed E-state index contributed by atoms with van der Waals surface area (Å²) in [5.74, 6) is 1.01. The maximum atomic E-state index is 5.90. The van der Waals surface area contributed by atoms with Gasteiger partial charge in [-0.1, -0.05) is 30.1 Å². The first-order valence-electron chi connectivity index (χ1n) is 3.32. The van der Waals surface area contributed by atoms with E-state index in [1.54, 1.807) is 17.8 Å². The standard InChI is InChI=1S/C8H8Cl2S/c1-2-11-8-5-6(9)3-4-7(8)10/h3-5H,2H2,1H3. The molecule has 0 atom stereocenters. The summed E-state index contributed by atoms with van der Waals surface area (Å²) in [7, 11) is 0. The molecule has 0 spiro atoms. The highest BCUT2D eigenvalue weighted by molar-refractivity contribution is 7.99. The largest absolute Gasteiger partial charge is 0.125 e. The second-order valence-electron chi connectivity index (χ2n) is 2.01. The molecule has 0 bridgehead atoms. The van der Waals surface area contributed by atoms with Gasteiger partial charge in [0.15, 0.2) is 0 Å². The first kappa shape index (κ1) is 9.24. The second kappa shape index (κ2) is 4.24. The molecule has 0 unspecified atom stereocenters. The van der Waals surface area contributed by atoms with Crippen LogP contribution in [0, 0.1) is 0 Å². The highest BCUT2D eigenvalue weighted by Crippen LogP contribution is 2.29. The molecule has 0 saturated carbocycles. The molecule has 11 heavy (non-hydrogen) atoms. The molecule has 1 aromatic carbocycles. The van der Waals surface area contributed by atoms with Crippen LogP contribution in [0.15, 0.2) is 23.1 Å². The summed E-state index contributed by atoms with van der Waals surface area (Å²) in [6, 6.07) is 5.50. The summed E-state index contributed by atoms with van der Waals surface area (Å²) in [5.41, 5.74) is 0. The molecule has 60 valence electrons. The van der Waals surface area contributed by atoms with E-state index >= 15 is 0 Å².